The van der Waals surface area contributed by atoms with Crippen molar-refractivity contribution in [2.24, 2.45) is 5.73 Å². The Morgan fingerprint density at radius 3 is 2.53 bits per heavy atom. The number of aryl methyl sites for hydroxylation is 1. The summed E-state index contributed by atoms with van der Waals surface area (Å²) in [5.74, 6) is -0.248. The highest BCUT2D eigenvalue weighted by molar-refractivity contribution is 5.39. The molecule has 0 bridgehead atoms. The van der Waals surface area contributed by atoms with Crippen molar-refractivity contribution in [3.05, 3.63) is 47.0 Å². The highest BCUT2D eigenvalue weighted by atomic mass is 19.1. The number of hydrogen-bond acceptors (Lipinski definition) is 2. The molecule has 19 heavy (non-hydrogen) atoms. The van der Waals surface area contributed by atoms with Gasteiger partial charge >= 0.3 is 0 Å². The maximum absolute atomic E-state index is 13.9. The number of nitrogens with two attached hydrogens (primary N) is 1. The molecule has 0 aliphatic carbocycles. The van der Waals surface area contributed by atoms with E-state index in [2.05, 4.69) is 18.9 Å². The van der Waals surface area contributed by atoms with Gasteiger partial charge in [-0.1, -0.05) is 26.0 Å². The zero-order valence-corrected chi connectivity index (χ0v) is 11.5. The standard InChI is InChI=1S/C15H20FN3/c1-3-13-11(9-10-17)14(4-2)19(18-13)15-8-6-5-7-12(15)16/h5-8H,3-4,9-10,17H2,1-2H3. The number of halogens is 1. The largest absolute Gasteiger partial charge is 0.330 e. The third-order valence-corrected chi connectivity index (χ3v) is 3.32. The van der Waals surface area contributed by atoms with Crippen LogP contribution >= 0.6 is 0 Å². The van der Waals surface area contributed by atoms with Crippen LogP contribution in [-0.4, -0.2) is 16.3 Å². The molecule has 2 aromatic rings. The first kappa shape index (κ1) is 13.7. The van der Waals surface area contributed by atoms with Crippen LogP contribution in [-0.2, 0) is 19.3 Å². The molecule has 1 heterocycles. The topological polar surface area (TPSA) is 43.8 Å². The first-order valence-electron chi connectivity index (χ1n) is 6.77. The molecule has 0 fully saturated rings. The van der Waals surface area contributed by atoms with Crippen molar-refractivity contribution < 1.29 is 4.39 Å². The Labute approximate surface area is 113 Å². The van der Waals surface area contributed by atoms with Gasteiger partial charge in [-0.05, 0) is 43.5 Å². The molecule has 4 heteroatoms. The molecule has 0 saturated heterocycles. The summed E-state index contributed by atoms with van der Waals surface area (Å²) >= 11 is 0. The predicted octanol–water partition coefficient (Wildman–Crippen LogP) is 2.64. The summed E-state index contributed by atoms with van der Waals surface area (Å²) < 4.78 is 15.7. The molecule has 3 nitrogen and oxygen atoms in total. The molecule has 1 aromatic heterocycles. The molecule has 0 aliphatic rings. The minimum atomic E-state index is -0.248. The van der Waals surface area contributed by atoms with Gasteiger partial charge < -0.3 is 5.73 Å². The van der Waals surface area contributed by atoms with Gasteiger partial charge in [-0.3, -0.25) is 0 Å². The lowest BCUT2D eigenvalue weighted by Gasteiger charge is -2.08. The summed E-state index contributed by atoms with van der Waals surface area (Å²) in [5, 5.41) is 4.57. The molecular formula is C15H20FN3. The average molecular weight is 261 g/mol. The lowest BCUT2D eigenvalue weighted by Crippen LogP contribution is -2.08. The third kappa shape index (κ3) is 2.54. The van der Waals surface area contributed by atoms with Crippen LogP contribution in [0.15, 0.2) is 24.3 Å². The van der Waals surface area contributed by atoms with Crippen LogP contribution in [0.1, 0.15) is 30.8 Å². The fourth-order valence-corrected chi connectivity index (χ4v) is 2.44. The number of para-hydroxylation sites is 1. The zero-order chi connectivity index (χ0) is 13.8. The highest BCUT2D eigenvalue weighted by Crippen LogP contribution is 2.22. The van der Waals surface area contributed by atoms with E-state index in [1.54, 1.807) is 16.8 Å². The van der Waals surface area contributed by atoms with Gasteiger partial charge in [0, 0.05) is 5.69 Å². The van der Waals surface area contributed by atoms with E-state index < -0.39 is 0 Å². The van der Waals surface area contributed by atoms with Crippen molar-refractivity contribution in [3.8, 4) is 5.69 Å². The number of rotatable bonds is 5. The van der Waals surface area contributed by atoms with E-state index in [-0.39, 0.29) is 5.82 Å². The Hall–Kier alpha value is -1.68. The minimum absolute atomic E-state index is 0.248. The lowest BCUT2D eigenvalue weighted by molar-refractivity contribution is 0.605. The fraction of sp³-hybridized carbons (Fsp3) is 0.400. The van der Waals surface area contributed by atoms with Gasteiger partial charge in [-0.25, -0.2) is 9.07 Å². The normalized spacial score (nSPS) is 10.9. The molecule has 1 aromatic carbocycles. The van der Waals surface area contributed by atoms with Crippen molar-refractivity contribution >= 4 is 0 Å². The van der Waals surface area contributed by atoms with E-state index in [0.29, 0.717) is 12.2 Å². The van der Waals surface area contributed by atoms with E-state index >= 15 is 0 Å². The van der Waals surface area contributed by atoms with Crippen LogP contribution in [0, 0.1) is 5.82 Å². The van der Waals surface area contributed by atoms with E-state index in [1.165, 1.54) is 11.6 Å². The van der Waals surface area contributed by atoms with Gasteiger partial charge in [0.1, 0.15) is 11.5 Å². The summed E-state index contributed by atoms with van der Waals surface area (Å²) in [5.41, 5.74) is 9.44. The van der Waals surface area contributed by atoms with E-state index in [4.69, 9.17) is 5.73 Å². The smallest absolute Gasteiger partial charge is 0.148 e. The summed E-state index contributed by atoms with van der Waals surface area (Å²) in [6.07, 6.45) is 2.45. The van der Waals surface area contributed by atoms with E-state index in [9.17, 15) is 4.39 Å². The van der Waals surface area contributed by atoms with Crippen LogP contribution in [0.3, 0.4) is 0 Å². The number of hydrogen-bond donors (Lipinski definition) is 1. The van der Waals surface area contributed by atoms with Gasteiger partial charge in [-0.15, -0.1) is 0 Å². The molecule has 0 saturated carbocycles. The van der Waals surface area contributed by atoms with Crippen molar-refractivity contribution in [3.63, 3.8) is 0 Å². The number of benzene rings is 1. The SMILES string of the molecule is CCc1nn(-c2ccccc2F)c(CC)c1CCN. The first-order chi connectivity index (χ1) is 9.22. The molecule has 0 amide bonds. The van der Waals surface area contributed by atoms with Crippen LogP contribution in [0.2, 0.25) is 0 Å². The van der Waals surface area contributed by atoms with Gasteiger partial charge in [-0.2, -0.15) is 5.10 Å². The highest BCUT2D eigenvalue weighted by Gasteiger charge is 2.17. The zero-order valence-electron chi connectivity index (χ0n) is 11.5. The number of aromatic nitrogens is 2. The van der Waals surface area contributed by atoms with Gasteiger partial charge in [0.15, 0.2) is 0 Å². The Morgan fingerprint density at radius 1 is 1.21 bits per heavy atom. The Balaban J connectivity index is 2.60. The van der Waals surface area contributed by atoms with Crippen molar-refractivity contribution in [1.82, 2.24) is 9.78 Å². The first-order valence-corrected chi connectivity index (χ1v) is 6.77. The maximum atomic E-state index is 13.9. The Morgan fingerprint density at radius 2 is 1.95 bits per heavy atom. The number of nitrogens with zero attached hydrogens (tertiary/aromatic N) is 2. The molecule has 0 spiro atoms. The van der Waals surface area contributed by atoms with Gasteiger partial charge in [0.05, 0.1) is 5.69 Å². The fourth-order valence-electron chi connectivity index (χ4n) is 2.44. The molecule has 0 unspecified atom stereocenters. The second kappa shape index (κ2) is 5.97. The van der Waals surface area contributed by atoms with Crippen LogP contribution in [0.25, 0.3) is 5.69 Å². The molecule has 2 N–H and O–H groups in total. The quantitative estimate of drug-likeness (QED) is 0.899. The summed E-state index contributed by atoms with van der Waals surface area (Å²) in [6, 6.07) is 6.74. The molecular weight excluding hydrogens is 241 g/mol. The van der Waals surface area contributed by atoms with Crippen molar-refractivity contribution in [2.45, 2.75) is 33.1 Å². The van der Waals surface area contributed by atoms with Gasteiger partial charge in [0.2, 0.25) is 0 Å². The Kier molecular flexibility index (Phi) is 4.32. The van der Waals surface area contributed by atoms with Gasteiger partial charge in [0.25, 0.3) is 0 Å². The van der Waals surface area contributed by atoms with E-state index in [0.717, 1.165) is 30.7 Å². The molecule has 0 aliphatic heterocycles. The molecule has 102 valence electrons. The summed E-state index contributed by atoms with van der Waals surface area (Å²) in [7, 11) is 0. The molecule has 0 radical (unpaired) electrons. The van der Waals surface area contributed by atoms with Crippen molar-refractivity contribution in [2.75, 3.05) is 6.54 Å². The monoisotopic (exact) mass is 261 g/mol. The van der Waals surface area contributed by atoms with Crippen LogP contribution < -0.4 is 5.73 Å². The third-order valence-electron chi connectivity index (χ3n) is 3.32. The Bertz CT molecular complexity index is 561. The molecule has 2 rings (SSSR count). The predicted molar refractivity (Wildman–Crippen MR) is 75.0 cm³/mol. The average Bonchev–Trinajstić information content (AvgIpc) is 2.77. The maximum Gasteiger partial charge on any atom is 0.148 e. The molecule has 0 atom stereocenters. The van der Waals surface area contributed by atoms with Crippen molar-refractivity contribution in [1.29, 1.82) is 0 Å². The lowest BCUT2D eigenvalue weighted by atomic mass is 10.1. The second-order valence-electron chi connectivity index (χ2n) is 4.48. The van der Waals surface area contributed by atoms with Crippen LogP contribution in [0.4, 0.5) is 4.39 Å². The second-order valence-corrected chi connectivity index (χ2v) is 4.48. The van der Waals surface area contributed by atoms with E-state index in [1.807, 2.05) is 6.07 Å². The summed E-state index contributed by atoms with van der Waals surface area (Å²) in [4.78, 5) is 0. The van der Waals surface area contributed by atoms with Crippen LogP contribution in [0.5, 0.6) is 0 Å². The summed E-state index contributed by atoms with van der Waals surface area (Å²) in [6.45, 7) is 4.71. The minimum Gasteiger partial charge on any atom is -0.330 e.